The van der Waals surface area contributed by atoms with Gasteiger partial charge in [-0.15, -0.1) is 0 Å². The van der Waals surface area contributed by atoms with Crippen LogP contribution in [0.1, 0.15) is 0 Å². The second kappa shape index (κ2) is 7.23. The van der Waals surface area contributed by atoms with E-state index in [4.69, 9.17) is 9.47 Å². The molecule has 0 radical (unpaired) electrons. The van der Waals surface area contributed by atoms with Crippen molar-refractivity contribution in [3.8, 4) is 11.5 Å². The number of sulfone groups is 2. The van der Waals surface area contributed by atoms with Gasteiger partial charge in [0.1, 0.15) is 18.1 Å². The molecule has 0 aliphatic heterocycles. The zero-order valence-electron chi connectivity index (χ0n) is 13.3. The number of hydrogen-bond acceptors (Lipinski definition) is 6. The van der Waals surface area contributed by atoms with Crippen molar-refractivity contribution in [3.63, 3.8) is 0 Å². The topological polar surface area (TPSA) is 86.7 Å². The van der Waals surface area contributed by atoms with Gasteiger partial charge in [0, 0.05) is 6.26 Å². The first-order valence-electron chi connectivity index (χ1n) is 7.02. The van der Waals surface area contributed by atoms with Gasteiger partial charge in [0.25, 0.3) is 0 Å². The molecule has 0 aromatic heterocycles. The van der Waals surface area contributed by atoms with Gasteiger partial charge >= 0.3 is 0 Å². The Balaban J connectivity index is 2.13. The average molecular weight is 370 g/mol. The first-order chi connectivity index (χ1) is 11.2. The van der Waals surface area contributed by atoms with E-state index in [0.717, 1.165) is 6.26 Å². The first-order valence-corrected chi connectivity index (χ1v) is 10.6. The molecule has 0 fully saturated rings. The van der Waals surface area contributed by atoms with Gasteiger partial charge in [-0.3, -0.25) is 0 Å². The largest absolute Gasteiger partial charge is 0.497 e. The van der Waals surface area contributed by atoms with Crippen molar-refractivity contribution in [3.05, 3.63) is 48.5 Å². The summed E-state index contributed by atoms with van der Waals surface area (Å²) in [7, 11) is -5.22. The monoisotopic (exact) mass is 370 g/mol. The van der Waals surface area contributed by atoms with Crippen LogP contribution in [0.15, 0.2) is 58.3 Å². The molecule has 0 spiro atoms. The Kier molecular flexibility index (Phi) is 5.51. The Bertz CT molecular complexity index is 883. The van der Waals surface area contributed by atoms with E-state index in [1.807, 2.05) is 0 Å². The SMILES string of the molecule is COc1ccc(S(=O)(=O)c2ccc(OCCS(C)(=O)=O)cc2)cc1. The van der Waals surface area contributed by atoms with Gasteiger partial charge in [0.15, 0.2) is 9.84 Å². The molecule has 2 aromatic carbocycles. The number of ether oxygens (including phenoxy) is 2. The molecule has 0 N–H and O–H groups in total. The molecule has 0 amide bonds. The van der Waals surface area contributed by atoms with Crippen LogP contribution in [0.2, 0.25) is 0 Å². The third-order valence-corrected chi connectivity index (χ3v) is 5.92. The fourth-order valence-corrected chi connectivity index (χ4v) is 3.56. The highest BCUT2D eigenvalue weighted by molar-refractivity contribution is 7.91. The van der Waals surface area contributed by atoms with E-state index in [1.165, 1.54) is 43.5 Å². The highest BCUT2D eigenvalue weighted by Crippen LogP contribution is 2.24. The van der Waals surface area contributed by atoms with E-state index < -0.39 is 19.7 Å². The molecule has 0 aliphatic carbocycles. The summed E-state index contributed by atoms with van der Waals surface area (Å²) in [6, 6.07) is 12.0. The summed E-state index contributed by atoms with van der Waals surface area (Å²) < 4.78 is 57.4. The summed E-state index contributed by atoms with van der Waals surface area (Å²) in [6.45, 7) is 0.0173. The molecular weight excluding hydrogens is 352 g/mol. The molecule has 0 heterocycles. The zero-order chi connectivity index (χ0) is 17.8. The van der Waals surface area contributed by atoms with Crippen molar-refractivity contribution in [2.24, 2.45) is 0 Å². The van der Waals surface area contributed by atoms with Crippen LogP contribution >= 0.6 is 0 Å². The van der Waals surface area contributed by atoms with Gasteiger partial charge in [-0.05, 0) is 48.5 Å². The number of benzene rings is 2. The van der Waals surface area contributed by atoms with Crippen LogP contribution in [0.25, 0.3) is 0 Å². The third-order valence-electron chi connectivity index (χ3n) is 3.23. The lowest BCUT2D eigenvalue weighted by atomic mass is 10.3. The molecule has 0 saturated heterocycles. The van der Waals surface area contributed by atoms with Gasteiger partial charge in [0.2, 0.25) is 9.84 Å². The number of rotatable bonds is 7. The lowest BCUT2D eigenvalue weighted by Gasteiger charge is -2.08. The van der Waals surface area contributed by atoms with E-state index >= 15 is 0 Å². The Morgan fingerprint density at radius 1 is 0.792 bits per heavy atom. The van der Waals surface area contributed by atoms with Crippen LogP contribution in [0.4, 0.5) is 0 Å². The van der Waals surface area contributed by atoms with Crippen molar-refractivity contribution in [2.75, 3.05) is 25.7 Å². The molecule has 2 aromatic rings. The van der Waals surface area contributed by atoms with Gasteiger partial charge in [-0.2, -0.15) is 0 Å². The van der Waals surface area contributed by atoms with Crippen molar-refractivity contribution in [2.45, 2.75) is 9.79 Å². The lowest BCUT2D eigenvalue weighted by Crippen LogP contribution is -2.12. The number of methoxy groups -OCH3 is 1. The van der Waals surface area contributed by atoms with Crippen molar-refractivity contribution >= 4 is 19.7 Å². The molecule has 130 valence electrons. The van der Waals surface area contributed by atoms with E-state index in [2.05, 4.69) is 0 Å². The molecule has 0 aliphatic rings. The predicted octanol–water partition coefficient (Wildman–Crippen LogP) is 1.95. The van der Waals surface area contributed by atoms with Crippen LogP contribution in [0.5, 0.6) is 11.5 Å². The predicted molar refractivity (Wildman–Crippen MR) is 90.1 cm³/mol. The minimum Gasteiger partial charge on any atom is -0.497 e. The quantitative estimate of drug-likeness (QED) is 0.740. The molecule has 0 saturated carbocycles. The minimum absolute atomic E-state index is 0.0173. The maximum Gasteiger partial charge on any atom is 0.206 e. The third kappa shape index (κ3) is 4.72. The highest BCUT2D eigenvalue weighted by Gasteiger charge is 2.17. The fourth-order valence-electron chi connectivity index (χ4n) is 1.92. The van der Waals surface area contributed by atoms with E-state index in [-0.39, 0.29) is 22.2 Å². The lowest BCUT2D eigenvalue weighted by molar-refractivity contribution is 0.341. The smallest absolute Gasteiger partial charge is 0.206 e. The van der Waals surface area contributed by atoms with Crippen LogP contribution in [0, 0.1) is 0 Å². The second-order valence-electron chi connectivity index (χ2n) is 5.13. The van der Waals surface area contributed by atoms with Crippen LogP contribution < -0.4 is 9.47 Å². The summed E-state index contributed by atoms with van der Waals surface area (Å²) in [5.41, 5.74) is 0. The molecule has 6 nitrogen and oxygen atoms in total. The van der Waals surface area contributed by atoms with E-state index in [9.17, 15) is 16.8 Å². The van der Waals surface area contributed by atoms with Crippen LogP contribution in [-0.2, 0) is 19.7 Å². The molecule has 2 rings (SSSR count). The van der Waals surface area contributed by atoms with E-state index in [1.54, 1.807) is 12.1 Å². The zero-order valence-corrected chi connectivity index (χ0v) is 14.9. The molecular formula is C16H18O6S2. The summed E-state index contributed by atoms with van der Waals surface area (Å²) in [4.78, 5) is 0.289. The Morgan fingerprint density at radius 2 is 1.25 bits per heavy atom. The Labute approximate surface area is 141 Å². The molecule has 24 heavy (non-hydrogen) atoms. The summed E-state index contributed by atoms with van der Waals surface area (Å²) >= 11 is 0. The highest BCUT2D eigenvalue weighted by atomic mass is 32.2. The van der Waals surface area contributed by atoms with Crippen LogP contribution in [0.3, 0.4) is 0 Å². The number of hydrogen-bond donors (Lipinski definition) is 0. The molecule has 0 atom stereocenters. The standard InChI is InChI=1S/C16H18O6S2/c1-21-13-3-7-15(8-4-13)24(19,20)16-9-5-14(6-10-16)22-11-12-23(2,17)18/h3-10H,11-12H2,1-2H3. The normalized spacial score (nSPS) is 11.9. The Hall–Kier alpha value is -2.06. The van der Waals surface area contributed by atoms with Crippen molar-refractivity contribution in [1.29, 1.82) is 0 Å². The molecule has 0 unspecified atom stereocenters. The minimum atomic E-state index is -3.63. The molecule has 0 bridgehead atoms. The van der Waals surface area contributed by atoms with Crippen molar-refractivity contribution < 1.29 is 26.3 Å². The first kappa shape index (κ1) is 18.3. The Morgan fingerprint density at radius 3 is 1.67 bits per heavy atom. The van der Waals surface area contributed by atoms with Gasteiger partial charge in [-0.1, -0.05) is 0 Å². The second-order valence-corrected chi connectivity index (χ2v) is 9.34. The van der Waals surface area contributed by atoms with Crippen LogP contribution in [-0.4, -0.2) is 42.6 Å². The molecule has 8 heteroatoms. The average Bonchev–Trinajstić information content (AvgIpc) is 2.54. The van der Waals surface area contributed by atoms with Crippen molar-refractivity contribution in [1.82, 2.24) is 0 Å². The summed E-state index contributed by atoms with van der Waals surface area (Å²) in [5.74, 6) is 0.884. The van der Waals surface area contributed by atoms with Gasteiger partial charge < -0.3 is 9.47 Å². The maximum atomic E-state index is 12.5. The fraction of sp³-hybridized carbons (Fsp3) is 0.250. The summed E-state index contributed by atoms with van der Waals surface area (Å²) in [6.07, 6.45) is 1.13. The van der Waals surface area contributed by atoms with Gasteiger partial charge in [0.05, 0.1) is 22.7 Å². The van der Waals surface area contributed by atoms with E-state index in [0.29, 0.717) is 11.5 Å². The summed E-state index contributed by atoms with van der Waals surface area (Å²) in [5, 5.41) is 0. The van der Waals surface area contributed by atoms with Gasteiger partial charge in [-0.25, -0.2) is 16.8 Å². The maximum absolute atomic E-state index is 12.5.